The fourth-order valence-corrected chi connectivity index (χ4v) is 5.83. The van der Waals surface area contributed by atoms with Crippen molar-refractivity contribution in [2.75, 3.05) is 6.54 Å². The molecular weight excluding hydrogens is 274 g/mol. The molecule has 0 N–H and O–H groups in total. The Bertz CT molecular complexity index is 694. The molecule has 1 aromatic carbocycles. The summed E-state index contributed by atoms with van der Waals surface area (Å²) in [6.45, 7) is 2.32. The fraction of sp³-hybridized carbons (Fsp3) is 0.533. The molecule has 5 heteroatoms. The molecule has 4 atom stereocenters. The van der Waals surface area contributed by atoms with Crippen LogP contribution in [0.4, 0.5) is 0 Å². The monoisotopic (exact) mass is 291 g/mol. The van der Waals surface area contributed by atoms with E-state index in [1.54, 1.807) is 24.3 Å². The number of aryl methyl sites for hydroxylation is 1. The summed E-state index contributed by atoms with van der Waals surface area (Å²) in [7, 11) is -3.52. The van der Waals surface area contributed by atoms with Gasteiger partial charge in [0.2, 0.25) is 10.0 Å². The molecule has 3 fully saturated rings. The lowest BCUT2D eigenvalue weighted by atomic mass is 9.87. The van der Waals surface area contributed by atoms with Crippen molar-refractivity contribution in [1.82, 2.24) is 4.31 Å². The smallest absolute Gasteiger partial charge is 0.244 e. The molecule has 1 spiro atoms. The third-order valence-corrected chi connectivity index (χ3v) is 7.14. The van der Waals surface area contributed by atoms with E-state index in [1.165, 1.54) is 4.31 Å². The Balaban J connectivity index is 1.70. The molecule has 1 aromatic rings. The Morgan fingerprint density at radius 3 is 2.50 bits per heavy atom. The quantitative estimate of drug-likeness (QED) is 0.780. The van der Waals surface area contributed by atoms with E-state index in [2.05, 4.69) is 0 Å². The lowest BCUT2D eigenvalue weighted by Crippen LogP contribution is -2.37. The van der Waals surface area contributed by atoms with Crippen molar-refractivity contribution in [3.05, 3.63) is 29.8 Å². The van der Waals surface area contributed by atoms with Gasteiger partial charge in [-0.25, -0.2) is 8.42 Å². The lowest BCUT2D eigenvalue weighted by molar-refractivity contribution is -0.124. The minimum absolute atomic E-state index is 0.109. The summed E-state index contributed by atoms with van der Waals surface area (Å²) in [5, 5.41) is 0. The highest BCUT2D eigenvalue weighted by Crippen LogP contribution is 2.59. The first kappa shape index (κ1) is 12.5. The number of hydrogen-bond donors (Lipinski definition) is 0. The molecule has 0 amide bonds. The molecule has 2 aliphatic carbocycles. The Kier molecular flexibility index (Phi) is 2.32. The first-order valence-corrected chi connectivity index (χ1v) is 8.54. The molecular formula is C15H17NO3S. The van der Waals surface area contributed by atoms with Crippen molar-refractivity contribution in [2.24, 2.45) is 11.8 Å². The minimum Gasteiger partial charge on any atom is -0.297 e. The number of benzene rings is 1. The van der Waals surface area contributed by atoms with Crippen LogP contribution in [0.2, 0.25) is 0 Å². The van der Waals surface area contributed by atoms with Gasteiger partial charge in [0, 0.05) is 12.5 Å². The zero-order valence-electron chi connectivity index (χ0n) is 11.4. The third kappa shape index (κ3) is 1.40. The topological polar surface area (TPSA) is 54.2 Å². The number of ketones is 1. The summed E-state index contributed by atoms with van der Waals surface area (Å²) in [6.07, 6.45) is 2.83. The number of nitrogens with zero attached hydrogens (tertiary/aromatic N) is 1. The molecule has 1 aliphatic heterocycles. The largest absolute Gasteiger partial charge is 0.297 e. The number of carbonyl (C=O) groups excluding carboxylic acids is 1. The number of sulfonamides is 1. The molecule has 4 nitrogen and oxygen atoms in total. The summed E-state index contributed by atoms with van der Waals surface area (Å²) >= 11 is 0. The van der Waals surface area contributed by atoms with Gasteiger partial charge in [0.05, 0.1) is 4.90 Å². The van der Waals surface area contributed by atoms with Crippen LogP contribution >= 0.6 is 0 Å². The Morgan fingerprint density at radius 1 is 1.20 bits per heavy atom. The molecule has 1 saturated heterocycles. The van der Waals surface area contributed by atoms with Crippen LogP contribution in [0.5, 0.6) is 0 Å². The van der Waals surface area contributed by atoms with Gasteiger partial charge >= 0.3 is 0 Å². The van der Waals surface area contributed by atoms with E-state index in [0.29, 0.717) is 11.4 Å². The standard InChI is InChI=1S/C15H17NO3S/c1-10-2-6-13(7-3-10)20(18,19)16-9-15(16)12-5-4-11(8-12)14(15)17/h2-3,6-7,11-12H,4-5,8-9H2,1H3. The Hall–Kier alpha value is -1.20. The van der Waals surface area contributed by atoms with Crippen LogP contribution < -0.4 is 0 Å². The summed E-state index contributed by atoms with van der Waals surface area (Å²) < 4.78 is 26.8. The maximum absolute atomic E-state index is 12.7. The van der Waals surface area contributed by atoms with Crippen LogP contribution in [0.3, 0.4) is 0 Å². The fourth-order valence-electron chi connectivity index (χ4n) is 4.06. The van der Waals surface area contributed by atoms with Gasteiger partial charge in [-0.05, 0) is 44.2 Å². The Labute approximate surface area is 118 Å². The van der Waals surface area contributed by atoms with Gasteiger partial charge in [0.1, 0.15) is 5.54 Å². The van der Waals surface area contributed by atoms with E-state index in [1.807, 2.05) is 6.92 Å². The minimum atomic E-state index is -3.52. The zero-order chi connectivity index (χ0) is 14.1. The normalized spacial score (nSPS) is 38.6. The van der Waals surface area contributed by atoms with Crippen LogP contribution in [0, 0.1) is 18.8 Å². The molecule has 0 radical (unpaired) electrons. The molecule has 4 rings (SSSR count). The van der Waals surface area contributed by atoms with Crippen molar-refractivity contribution in [1.29, 1.82) is 0 Å². The van der Waals surface area contributed by atoms with E-state index in [-0.39, 0.29) is 17.6 Å². The highest BCUT2D eigenvalue weighted by atomic mass is 32.2. The highest BCUT2D eigenvalue weighted by Gasteiger charge is 2.73. The highest BCUT2D eigenvalue weighted by molar-refractivity contribution is 7.89. The van der Waals surface area contributed by atoms with E-state index in [0.717, 1.165) is 24.8 Å². The molecule has 3 aliphatic rings. The number of hydrogen-bond acceptors (Lipinski definition) is 3. The molecule has 20 heavy (non-hydrogen) atoms. The number of carbonyl (C=O) groups is 1. The average molecular weight is 291 g/mol. The third-order valence-electron chi connectivity index (χ3n) is 5.24. The lowest BCUT2D eigenvalue weighted by Gasteiger charge is -2.21. The van der Waals surface area contributed by atoms with Gasteiger partial charge in [-0.2, -0.15) is 4.31 Å². The maximum atomic E-state index is 12.7. The van der Waals surface area contributed by atoms with Crippen LogP contribution in [0.1, 0.15) is 24.8 Å². The molecule has 2 bridgehead atoms. The van der Waals surface area contributed by atoms with Crippen molar-refractivity contribution < 1.29 is 13.2 Å². The van der Waals surface area contributed by atoms with Gasteiger partial charge in [-0.15, -0.1) is 0 Å². The second-order valence-electron chi connectivity index (χ2n) is 6.32. The summed E-state index contributed by atoms with van der Waals surface area (Å²) in [4.78, 5) is 12.7. The predicted molar refractivity (Wildman–Crippen MR) is 73.6 cm³/mol. The number of fused-ring (bicyclic) bond motifs is 3. The predicted octanol–water partition coefficient (Wildman–Crippen LogP) is 1.74. The van der Waals surface area contributed by atoms with E-state index in [4.69, 9.17) is 0 Å². The molecule has 106 valence electrons. The summed E-state index contributed by atoms with van der Waals surface area (Å²) in [5.74, 6) is 0.530. The van der Waals surface area contributed by atoms with Crippen molar-refractivity contribution in [2.45, 2.75) is 36.6 Å². The Morgan fingerprint density at radius 2 is 1.90 bits per heavy atom. The summed E-state index contributed by atoms with van der Waals surface area (Å²) in [5.41, 5.74) is 0.354. The SMILES string of the molecule is Cc1ccc(S(=O)(=O)N2CC23C(=O)C2CCC3C2)cc1. The number of Topliss-reactive ketones (excluding diaryl/α,β-unsaturated/α-hetero) is 1. The molecule has 2 saturated carbocycles. The van der Waals surface area contributed by atoms with Gasteiger partial charge in [-0.1, -0.05) is 17.7 Å². The molecule has 4 unspecified atom stereocenters. The second-order valence-corrected chi connectivity index (χ2v) is 8.18. The van der Waals surface area contributed by atoms with Gasteiger partial charge in [0.15, 0.2) is 5.78 Å². The first-order chi connectivity index (χ1) is 9.46. The summed E-state index contributed by atoms with van der Waals surface area (Å²) in [6, 6.07) is 6.86. The number of rotatable bonds is 2. The van der Waals surface area contributed by atoms with Gasteiger partial charge < -0.3 is 0 Å². The van der Waals surface area contributed by atoms with E-state index >= 15 is 0 Å². The molecule has 1 heterocycles. The first-order valence-electron chi connectivity index (χ1n) is 7.10. The zero-order valence-corrected chi connectivity index (χ0v) is 12.2. The van der Waals surface area contributed by atoms with E-state index < -0.39 is 15.6 Å². The van der Waals surface area contributed by atoms with Gasteiger partial charge in [0.25, 0.3) is 0 Å². The average Bonchev–Trinajstić information content (AvgIpc) is 2.89. The van der Waals surface area contributed by atoms with Crippen molar-refractivity contribution >= 4 is 15.8 Å². The van der Waals surface area contributed by atoms with Crippen LogP contribution in [0.15, 0.2) is 29.2 Å². The van der Waals surface area contributed by atoms with Crippen LogP contribution in [0.25, 0.3) is 0 Å². The van der Waals surface area contributed by atoms with Crippen molar-refractivity contribution in [3.8, 4) is 0 Å². The van der Waals surface area contributed by atoms with Crippen LogP contribution in [-0.2, 0) is 14.8 Å². The van der Waals surface area contributed by atoms with Crippen molar-refractivity contribution in [3.63, 3.8) is 0 Å². The molecule has 0 aromatic heterocycles. The van der Waals surface area contributed by atoms with E-state index in [9.17, 15) is 13.2 Å². The van der Waals surface area contributed by atoms with Crippen LogP contribution in [-0.4, -0.2) is 30.6 Å². The van der Waals surface area contributed by atoms with Gasteiger partial charge in [-0.3, -0.25) is 4.79 Å². The second kappa shape index (κ2) is 3.71. The maximum Gasteiger partial charge on any atom is 0.244 e.